The van der Waals surface area contributed by atoms with Gasteiger partial charge in [-0.05, 0) is 31.2 Å². The van der Waals surface area contributed by atoms with Gasteiger partial charge in [-0.15, -0.1) is 0 Å². The molecule has 1 aliphatic heterocycles. The van der Waals surface area contributed by atoms with Gasteiger partial charge in [-0.3, -0.25) is 9.36 Å². The Kier molecular flexibility index (Phi) is 4.13. The van der Waals surface area contributed by atoms with Crippen molar-refractivity contribution in [2.24, 2.45) is 0 Å². The second kappa shape index (κ2) is 6.34. The van der Waals surface area contributed by atoms with Crippen molar-refractivity contribution in [2.45, 2.75) is 13.0 Å². The fourth-order valence-electron chi connectivity index (χ4n) is 3.44. The summed E-state index contributed by atoms with van der Waals surface area (Å²) < 4.78 is 1.97. The minimum atomic E-state index is -0.486. The third-order valence-corrected chi connectivity index (χ3v) is 5.23. The highest BCUT2D eigenvalue weighted by molar-refractivity contribution is 6.36. The van der Waals surface area contributed by atoms with Gasteiger partial charge in [0.15, 0.2) is 0 Å². The van der Waals surface area contributed by atoms with Crippen LogP contribution in [0.25, 0.3) is 11.0 Å². The molecule has 1 atom stereocenters. The first-order valence-corrected chi connectivity index (χ1v) is 8.89. The largest absolute Gasteiger partial charge is 0.355 e. The highest BCUT2D eigenvalue weighted by Crippen LogP contribution is 2.43. The molecule has 7 heteroatoms. The van der Waals surface area contributed by atoms with Crippen LogP contribution in [0.3, 0.4) is 0 Å². The lowest BCUT2D eigenvalue weighted by Crippen LogP contribution is -2.33. The van der Waals surface area contributed by atoms with Gasteiger partial charge in [-0.2, -0.15) is 0 Å². The van der Waals surface area contributed by atoms with Crippen LogP contribution in [0.15, 0.2) is 53.7 Å². The molecule has 1 amide bonds. The number of imidazole rings is 1. The number of rotatable bonds is 2. The fourth-order valence-corrected chi connectivity index (χ4v) is 4.04. The van der Waals surface area contributed by atoms with Crippen molar-refractivity contribution >= 4 is 46.1 Å². The number of anilines is 1. The number of aromatic nitrogens is 2. The van der Waals surface area contributed by atoms with Crippen LogP contribution < -0.4 is 10.6 Å². The minimum absolute atomic E-state index is 0.195. The smallest absolute Gasteiger partial charge is 0.251 e. The topological polar surface area (TPSA) is 59.0 Å². The molecule has 2 heterocycles. The van der Waals surface area contributed by atoms with Crippen LogP contribution in [0, 0.1) is 0 Å². The van der Waals surface area contributed by atoms with Crippen LogP contribution in [0.5, 0.6) is 0 Å². The maximum Gasteiger partial charge on any atom is 0.251 e. The van der Waals surface area contributed by atoms with Crippen molar-refractivity contribution < 1.29 is 4.79 Å². The number of para-hydroxylation sites is 2. The van der Waals surface area contributed by atoms with Crippen molar-refractivity contribution in [3.05, 3.63) is 69.3 Å². The molecular formula is C19H16Cl2N4O. The lowest BCUT2D eigenvalue weighted by molar-refractivity contribution is -0.117. The lowest BCUT2D eigenvalue weighted by atomic mass is 9.94. The molecule has 0 radical (unpaired) electrons. The number of halogens is 2. The normalized spacial score (nSPS) is 16.4. The zero-order valence-corrected chi connectivity index (χ0v) is 15.7. The SMILES string of the molecule is CNC(=O)C1=C(C)Nc2nc3ccccc3n2[C@@H]1c1c(Cl)cccc1Cl. The second-order valence-electron chi connectivity index (χ2n) is 6.07. The zero-order chi connectivity index (χ0) is 18.4. The van der Waals surface area contributed by atoms with Gasteiger partial charge in [0.2, 0.25) is 5.95 Å². The maximum absolute atomic E-state index is 12.7. The monoisotopic (exact) mass is 386 g/mol. The van der Waals surface area contributed by atoms with E-state index < -0.39 is 6.04 Å². The second-order valence-corrected chi connectivity index (χ2v) is 6.89. The van der Waals surface area contributed by atoms with E-state index in [1.165, 1.54) is 0 Å². The van der Waals surface area contributed by atoms with E-state index in [0.717, 1.165) is 11.0 Å². The third-order valence-electron chi connectivity index (χ3n) is 4.58. The first-order chi connectivity index (χ1) is 12.5. The zero-order valence-electron chi connectivity index (χ0n) is 14.2. The predicted octanol–water partition coefficient (Wildman–Crippen LogP) is 4.38. The molecule has 1 aliphatic rings. The number of carbonyl (C=O) groups is 1. The van der Waals surface area contributed by atoms with Crippen LogP contribution in [0.4, 0.5) is 5.95 Å². The van der Waals surface area contributed by atoms with Crippen molar-refractivity contribution in [1.29, 1.82) is 0 Å². The van der Waals surface area contributed by atoms with Crippen LogP contribution in [-0.4, -0.2) is 22.5 Å². The molecule has 1 aromatic heterocycles. The van der Waals surface area contributed by atoms with E-state index in [4.69, 9.17) is 23.2 Å². The Morgan fingerprint density at radius 1 is 1.15 bits per heavy atom. The molecule has 0 spiro atoms. The van der Waals surface area contributed by atoms with Gasteiger partial charge in [0, 0.05) is 28.4 Å². The number of hydrogen-bond donors (Lipinski definition) is 2. The number of hydrogen-bond acceptors (Lipinski definition) is 3. The number of nitrogens with zero attached hydrogens (tertiary/aromatic N) is 2. The summed E-state index contributed by atoms with van der Waals surface area (Å²) in [5, 5.41) is 6.96. The van der Waals surface area contributed by atoms with E-state index >= 15 is 0 Å². The van der Waals surface area contributed by atoms with E-state index in [1.54, 1.807) is 25.2 Å². The van der Waals surface area contributed by atoms with E-state index in [9.17, 15) is 4.79 Å². The number of carbonyl (C=O) groups excluding carboxylic acids is 1. The molecule has 0 saturated heterocycles. The Morgan fingerprint density at radius 3 is 2.54 bits per heavy atom. The Balaban J connectivity index is 2.09. The standard InChI is InChI=1S/C19H16Cl2N4O/c1-10-15(18(26)22-2)17(16-11(20)6-5-7-12(16)21)25-14-9-4-3-8-13(14)24-19(25)23-10/h3-9,17H,1-2H3,(H,22,26)(H,23,24)/t17-/m0/s1. The summed E-state index contributed by atoms with van der Waals surface area (Å²) in [6, 6.07) is 12.6. The van der Waals surface area contributed by atoms with Crippen molar-refractivity contribution in [3.63, 3.8) is 0 Å². The van der Waals surface area contributed by atoms with Gasteiger partial charge in [-0.25, -0.2) is 4.98 Å². The summed E-state index contributed by atoms with van der Waals surface area (Å²) in [5.41, 5.74) is 3.67. The summed E-state index contributed by atoms with van der Waals surface area (Å²) in [4.78, 5) is 17.4. The van der Waals surface area contributed by atoms with Gasteiger partial charge in [-0.1, -0.05) is 41.4 Å². The first-order valence-electron chi connectivity index (χ1n) is 8.13. The Bertz CT molecular complexity index is 1050. The van der Waals surface area contributed by atoms with Gasteiger partial charge in [0.05, 0.1) is 22.6 Å². The summed E-state index contributed by atoms with van der Waals surface area (Å²) >= 11 is 13.0. The molecule has 0 fully saturated rings. The number of nitrogens with one attached hydrogen (secondary N) is 2. The summed E-state index contributed by atoms with van der Waals surface area (Å²) in [7, 11) is 1.61. The molecule has 0 saturated carbocycles. The average molecular weight is 387 g/mol. The Labute approximate surface area is 160 Å². The van der Waals surface area contributed by atoms with Crippen LogP contribution in [0.2, 0.25) is 10.0 Å². The highest BCUT2D eigenvalue weighted by Gasteiger charge is 2.35. The Morgan fingerprint density at radius 2 is 1.85 bits per heavy atom. The fraction of sp³-hybridized carbons (Fsp3) is 0.158. The lowest BCUT2D eigenvalue weighted by Gasteiger charge is -2.31. The first kappa shape index (κ1) is 16.9. The van der Waals surface area contributed by atoms with E-state index in [1.807, 2.05) is 35.8 Å². The van der Waals surface area contributed by atoms with Crippen molar-refractivity contribution in [3.8, 4) is 0 Å². The number of amides is 1. The molecule has 4 rings (SSSR count). The molecular weight excluding hydrogens is 371 g/mol. The van der Waals surface area contributed by atoms with Gasteiger partial charge < -0.3 is 10.6 Å². The van der Waals surface area contributed by atoms with Crippen molar-refractivity contribution in [1.82, 2.24) is 14.9 Å². The molecule has 2 aromatic carbocycles. The molecule has 0 bridgehead atoms. The van der Waals surface area contributed by atoms with Crippen LogP contribution in [0.1, 0.15) is 18.5 Å². The van der Waals surface area contributed by atoms with E-state index in [-0.39, 0.29) is 5.91 Å². The van der Waals surface area contributed by atoms with Gasteiger partial charge in [0.25, 0.3) is 5.91 Å². The summed E-state index contributed by atoms with van der Waals surface area (Å²) in [6.07, 6.45) is 0. The highest BCUT2D eigenvalue weighted by atomic mass is 35.5. The summed E-state index contributed by atoms with van der Waals surface area (Å²) in [6.45, 7) is 1.85. The molecule has 26 heavy (non-hydrogen) atoms. The number of fused-ring (bicyclic) bond motifs is 3. The maximum atomic E-state index is 12.7. The Hall–Kier alpha value is -2.50. The number of allylic oxidation sites excluding steroid dienone is 1. The van der Waals surface area contributed by atoms with Gasteiger partial charge >= 0.3 is 0 Å². The quantitative estimate of drug-likeness (QED) is 0.686. The molecule has 5 nitrogen and oxygen atoms in total. The van der Waals surface area contributed by atoms with E-state index in [2.05, 4.69) is 15.6 Å². The van der Waals surface area contributed by atoms with Crippen molar-refractivity contribution in [2.75, 3.05) is 12.4 Å². The van der Waals surface area contributed by atoms with Crippen LogP contribution in [-0.2, 0) is 4.79 Å². The average Bonchev–Trinajstić information content (AvgIpc) is 2.98. The molecule has 3 aromatic rings. The summed E-state index contributed by atoms with van der Waals surface area (Å²) in [5.74, 6) is 0.455. The predicted molar refractivity (Wildman–Crippen MR) is 105 cm³/mol. The number of benzene rings is 2. The molecule has 0 unspecified atom stereocenters. The third kappa shape index (κ3) is 2.47. The molecule has 2 N–H and O–H groups in total. The van der Waals surface area contributed by atoms with E-state index in [0.29, 0.717) is 32.8 Å². The molecule has 132 valence electrons. The number of likely N-dealkylation sites (N-methyl/N-ethyl adjacent to an activating group) is 1. The molecule has 0 aliphatic carbocycles. The van der Waals surface area contributed by atoms with Gasteiger partial charge in [0.1, 0.15) is 0 Å². The minimum Gasteiger partial charge on any atom is -0.355 e. The van der Waals surface area contributed by atoms with Crippen LogP contribution >= 0.6 is 23.2 Å².